The molecule has 186 valence electrons. The maximum Gasteiger partial charge on any atom is 0.414 e. The number of piperidine rings is 1. The molecule has 3 N–H and O–H groups in total. The number of carbonyl (C=O) groups is 1. The molecule has 1 aliphatic heterocycles. The molecule has 1 aliphatic rings. The van der Waals surface area contributed by atoms with Crippen molar-refractivity contribution in [3.63, 3.8) is 0 Å². The van der Waals surface area contributed by atoms with Crippen molar-refractivity contribution in [2.24, 2.45) is 0 Å². The molecule has 1 amide bonds. The Morgan fingerprint density at radius 2 is 1.83 bits per heavy atom. The summed E-state index contributed by atoms with van der Waals surface area (Å²) in [5.74, 6) is 0.125. The Kier molecular flexibility index (Phi) is 7.60. The van der Waals surface area contributed by atoms with E-state index in [2.05, 4.69) is 15.4 Å². The highest BCUT2D eigenvalue weighted by molar-refractivity contribution is 5.87. The van der Waals surface area contributed by atoms with E-state index in [0.717, 1.165) is 25.2 Å². The summed E-state index contributed by atoms with van der Waals surface area (Å²) in [6, 6.07) is 11.0. The van der Waals surface area contributed by atoms with Gasteiger partial charge in [0.05, 0.1) is 11.1 Å². The van der Waals surface area contributed by atoms with Gasteiger partial charge in [0, 0.05) is 19.2 Å². The number of aromatic nitrogens is 1. The van der Waals surface area contributed by atoms with Gasteiger partial charge in [0.15, 0.2) is 5.76 Å². The van der Waals surface area contributed by atoms with E-state index in [1.165, 1.54) is 30.9 Å². The lowest BCUT2D eigenvalue weighted by molar-refractivity contribution is 0.196. The molecular formula is C27H33N3O5. The van der Waals surface area contributed by atoms with Gasteiger partial charge in [-0.05, 0) is 66.7 Å². The Morgan fingerprint density at radius 3 is 2.49 bits per heavy atom. The molecule has 0 saturated carbocycles. The van der Waals surface area contributed by atoms with Crippen molar-refractivity contribution in [3.8, 4) is 39.8 Å². The smallest absolute Gasteiger partial charge is 0.414 e. The van der Waals surface area contributed by atoms with Gasteiger partial charge in [-0.3, -0.25) is 4.90 Å². The van der Waals surface area contributed by atoms with Crippen molar-refractivity contribution in [1.82, 2.24) is 15.4 Å². The van der Waals surface area contributed by atoms with E-state index in [9.17, 15) is 15.0 Å². The lowest BCUT2D eigenvalue weighted by atomic mass is 9.95. The third-order valence-corrected chi connectivity index (χ3v) is 6.28. The highest BCUT2D eigenvalue weighted by Gasteiger charge is 2.26. The molecule has 0 aliphatic carbocycles. The Labute approximate surface area is 205 Å². The van der Waals surface area contributed by atoms with E-state index in [0.29, 0.717) is 23.2 Å². The normalized spacial score (nSPS) is 14.3. The number of hydrogen-bond donors (Lipinski definition) is 3. The monoisotopic (exact) mass is 479 g/mol. The lowest BCUT2D eigenvalue weighted by Gasteiger charge is -2.26. The first-order chi connectivity index (χ1) is 16.9. The van der Waals surface area contributed by atoms with Gasteiger partial charge in [0.1, 0.15) is 11.5 Å². The van der Waals surface area contributed by atoms with Crippen LogP contribution in [0, 0.1) is 0 Å². The van der Waals surface area contributed by atoms with Gasteiger partial charge in [-0.2, -0.15) is 0 Å². The maximum absolute atomic E-state index is 12.2. The van der Waals surface area contributed by atoms with Crippen LogP contribution in [0.3, 0.4) is 0 Å². The third kappa shape index (κ3) is 5.59. The van der Waals surface area contributed by atoms with Gasteiger partial charge < -0.3 is 24.8 Å². The standard InChI is InChI=1S/C27H33N3O5/c1-4-28-27(33)34-26-24(19-10-8-18(9-11-19)16-30-12-6-5-7-13-30)25(35-29-26)21-14-20(17(2)3)22(31)15-23(21)32/h8-11,14-15,17,31-32H,4-7,12-13,16H2,1-3H3,(H,28,33). The van der Waals surface area contributed by atoms with E-state index >= 15 is 0 Å². The number of nitrogens with zero attached hydrogens (tertiary/aromatic N) is 2. The summed E-state index contributed by atoms with van der Waals surface area (Å²) in [5, 5.41) is 27.5. The van der Waals surface area contributed by atoms with Gasteiger partial charge in [-0.15, -0.1) is 0 Å². The molecule has 0 atom stereocenters. The quantitative estimate of drug-likeness (QED) is 0.403. The van der Waals surface area contributed by atoms with Crippen LogP contribution >= 0.6 is 0 Å². The van der Waals surface area contributed by atoms with Gasteiger partial charge in [0.2, 0.25) is 0 Å². The van der Waals surface area contributed by atoms with Crippen LogP contribution in [0.25, 0.3) is 22.5 Å². The average molecular weight is 480 g/mol. The number of likely N-dealkylation sites (tertiary alicyclic amines) is 1. The summed E-state index contributed by atoms with van der Waals surface area (Å²) >= 11 is 0. The first-order valence-corrected chi connectivity index (χ1v) is 12.2. The summed E-state index contributed by atoms with van der Waals surface area (Å²) in [7, 11) is 0. The second-order valence-electron chi connectivity index (χ2n) is 9.23. The molecule has 1 fully saturated rings. The summed E-state index contributed by atoms with van der Waals surface area (Å²) in [5.41, 5.74) is 3.40. The minimum atomic E-state index is -0.645. The van der Waals surface area contributed by atoms with Crippen molar-refractivity contribution in [2.45, 2.75) is 52.5 Å². The first kappa shape index (κ1) is 24.6. The fourth-order valence-corrected chi connectivity index (χ4v) is 4.44. The van der Waals surface area contributed by atoms with E-state index in [1.54, 1.807) is 13.0 Å². The van der Waals surface area contributed by atoms with Crippen LogP contribution in [0.4, 0.5) is 4.79 Å². The van der Waals surface area contributed by atoms with Gasteiger partial charge in [-0.25, -0.2) is 4.79 Å². The zero-order valence-corrected chi connectivity index (χ0v) is 20.5. The minimum absolute atomic E-state index is 0.00294. The van der Waals surface area contributed by atoms with E-state index in [4.69, 9.17) is 9.26 Å². The van der Waals surface area contributed by atoms with Crippen molar-refractivity contribution in [1.29, 1.82) is 0 Å². The number of rotatable bonds is 7. The summed E-state index contributed by atoms with van der Waals surface area (Å²) in [6.45, 7) is 9.19. The van der Waals surface area contributed by atoms with Gasteiger partial charge >= 0.3 is 6.09 Å². The van der Waals surface area contributed by atoms with Crippen LogP contribution in [0.2, 0.25) is 0 Å². The van der Waals surface area contributed by atoms with E-state index in [1.807, 2.05) is 38.1 Å². The van der Waals surface area contributed by atoms with Crippen LogP contribution in [-0.4, -0.2) is 46.0 Å². The van der Waals surface area contributed by atoms with Crippen molar-refractivity contribution < 1.29 is 24.3 Å². The average Bonchev–Trinajstić information content (AvgIpc) is 3.23. The van der Waals surface area contributed by atoms with Gasteiger partial charge in [-0.1, -0.05) is 44.5 Å². The van der Waals surface area contributed by atoms with Crippen LogP contribution in [-0.2, 0) is 6.54 Å². The molecule has 0 radical (unpaired) electrons. The highest BCUT2D eigenvalue weighted by atomic mass is 16.6. The minimum Gasteiger partial charge on any atom is -0.508 e. The molecule has 1 aromatic heterocycles. The first-order valence-electron chi connectivity index (χ1n) is 12.2. The molecule has 8 heteroatoms. The zero-order valence-electron chi connectivity index (χ0n) is 20.5. The predicted molar refractivity (Wildman–Crippen MR) is 134 cm³/mol. The number of ether oxygens (including phenoxy) is 1. The topological polar surface area (TPSA) is 108 Å². The molecule has 0 spiro atoms. The number of carbonyl (C=O) groups excluding carboxylic acids is 1. The molecule has 0 unspecified atom stereocenters. The largest absolute Gasteiger partial charge is 0.508 e. The predicted octanol–water partition coefficient (Wildman–Crippen LogP) is 5.64. The van der Waals surface area contributed by atoms with Crippen LogP contribution in [0.1, 0.15) is 57.1 Å². The number of aromatic hydroxyl groups is 2. The number of phenolic OH excluding ortho intramolecular Hbond substituents is 2. The van der Waals surface area contributed by atoms with E-state index in [-0.39, 0.29) is 29.1 Å². The Balaban J connectivity index is 1.74. The Hall–Kier alpha value is -3.52. The molecule has 8 nitrogen and oxygen atoms in total. The van der Waals surface area contributed by atoms with Crippen LogP contribution < -0.4 is 10.1 Å². The molecule has 35 heavy (non-hydrogen) atoms. The molecule has 4 rings (SSSR count). The third-order valence-electron chi connectivity index (χ3n) is 6.28. The number of benzene rings is 2. The summed E-state index contributed by atoms with van der Waals surface area (Å²) < 4.78 is 11.1. The van der Waals surface area contributed by atoms with Crippen LogP contribution in [0.15, 0.2) is 40.9 Å². The second-order valence-corrected chi connectivity index (χ2v) is 9.23. The Morgan fingerprint density at radius 1 is 1.11 bits per heavy atom. The molecule has 2 aromatic carbocycles. The maximum atomic E-state index is 12.2. The number of phenols is 2. The summed E-state index contributed by atoms with van der Waals surface area (Å²) in [6.07, 6.45) is 3.12. The Bertz CT molecular complexity index is 1160. The van der Waals surface area contributed by atoms with E-state index < -0.39 is 6.09 Å². The number of amides is 1. The molecule has 1 saturated heterocycles. The SMILES string of the molecule is CCNC(=O)Oc1noc(-c2cc(C(C)C)c(O)cc2O)c1-c1ccc(CN2CCCCC2)cc1. The molecule has 3 aromatic rings. The second kappa shape index (κ2) is 10.8. The fourth-order valence-electron chi connectivity index (χ4n) is 4.44. The van der Waals surface area contributed by atoms with Crippen LogP contribution in [0.5, 0.6) is 17.4 Å². The highest BCUT2D eigenvalue weighted by Crippen LogP contribution is 2.45. The molecule has 0 bridgehead atoms. The zero-order chi connectivity index (χ0) is 24.9. The summed E-state index contributed by atoms with van der Waals surface area (Å²) in [4.78, 5) is 14.6. The number of nitrogens with one attached hydrogen (secondary N) is 1. The molecule has 2 heterocycles. The van der Waals surface area contributed by atoms with Gasteiger partial charge in [0.25, 0.3) is 5.88 Å². The van der Waals surface area contributed by atoms with Crippen molar-refractivity contribution in [2.75, 3.05) is 19.6 Å². The van der Waals surface area contributed by atoms with Crippen molar-refractivity contribution in [3.05, 3.63) is 47.5 Å². The molecular weight excluding hydrogens is 446 g/mol. The lowest BCUT2D eigenvalue weighted by Crippen LogP contribution is -2.29. The number of hydrogen-bond acceptors (Lipinski definition) is 7. The van der Waals surface area contributed by atoms with Crippen molar-refractivity contribution >= 4 is 6.09 Å². The fraction of sp³-hybridized carbons (Fsp3) is 0.407.